The number of nitrogens with one attached hydrogen (secondary N) is 1. The Balaban J connectivity index is 1.79. The van der Waals surface area contributed by atoms with Crippen LogP contribution in [0.3, 0.4) is 0 Å². The molecular formula is C12H23N. The molecule has 0 radical (unpaired) electrons. The fourth-order valence-electron chi connectivity index (χ4n) is 2.83. The molecule has 1 nitrogen and oxygen atoms in total. The zero-order chi connectivity index (χ0) is 9.15. The number of hydrogen-bond acceptors (Lipinski definition) is 1. The van der Waals surface area contributed by atoms with Crippen LogP contribution < -0.4 is 5.32 Å². The number of hydrogen-bond donors (Lipinski definition) is 1. The lowest BCUT2D eigenvalue weighted by Gasteiger charge is -2.21. The van der Waals surface area contributed by atoms with Crippen molar-refractivity contribution in [2.24, 2.45) is 5.92 Å². The van der Waals surface area contributed by atoms with E-state index in [1.165, 1.54) is 57.8 Å². The normalized spacial score (nSPS) is 28.4. The summed E-state index contributed by atoms with van der Waals surface area (Å²) >= 11 is 0. The molecule has 0 aromatic heterocycles. The van der Waals surface area contributed by atoms with Crippen LogP contribution in [0.1, 0.15) is 57.8 Å². The molecule has 76 valence electrons. The molecule has 0 heterocycles. The molecular weight excluding hydrogens is 158 g/mol. The standard InChI is InChI=1S/C12H23N/c1-13-12(8-9-12)10-11-6-4-2-3-5-7-11/h11,13H,2-10H2,1H3. The molecule has 0 aromatic rings. The van der Waals surface area contributed by atoms with Crippen LogP contribution in [0.4, 0.5) is 0 Å². The molecule has 1 heteroatoms. The Labute approximate surface area is 82.3 Å². The summed E-state index contributed by atoms with van der Waals surface area (Å²) in [6.07, 6.45) is 13.3. The van der Waals surface area contributed by atoms with Crippen molar-refractivity contribution in [3.05, 3.63) is 0 Å². The molecule has 0 atom stereocenters. The fraction of sp³-hybridized carbons (Fsp3) is 1.00. The zero-order valence-corrected chi connectivity index (χ0v) is 8.94. The summed E-state index contributed by atoms with van der Waals surface area (Å²) in [4.78, 5) is 0. The van der Waals surface area contributed by atoms with Crippen molar-refractivity contribution in [1.82, 2.24) is 5.32 Å². The van der Waals surface area contributed by atoms with Crippen molar-refractivity contribution < 1.29 is 0 Å². The summed E-state index contributed by atoms with van der Waals surface area (Å²) in [7, 11) is 2.14. The Bertz CT molecular complexity index is 153. The predicted molar refractivity (Wildman–Crippen MR) is 56.8 cm³/mol. The van der Waals surface area contributed by atoms with E-state index in [2.05, 4.69) is 12.4 Å². The predicted octanol–water partition coefficient (Wildman–Crippen LogP) is 3.10. The van der Waals surface area contributed by atoms with E-state index in [1.807, 2.05) is 0 Å². The Morgan fingerprint density at radius 1 is 1.08 bits per heavy atom. The minimum absolute atomic E-state index is 0.592. The van der Waals surface area contributed by atoms with Gasteiger partial charge in [0.25, 0.3) is 0 Å². The molecule has 2 aliphatic rings. The van der Waals surface area contributed by atoms with Crippen molar-refractivity contribution in [2.45, 2.75) is 63.3 Å². The average molecular weight is 181 g/mol. The van der Waals surface area contributed by atoms with E-state index in [4.69, 9.17) is 0 Å². The maximum absolute atomic E-state index is 3.52. The highest BCUT2D eigenvalue weighted by Gasteiger charge is 2.42. The van der Waals surface area contributed by atoms with Gasteiger partial charge in [0.05, 0.1) is 0 Å². The zero-order valence-electron chi connectivity index (χ0n) is 8.94. The topological polar surface area (TPSA) is 12.0 Å². The Hall–Kier alpha value is -0.0400. The third-order valence-electron chi connectivity index (χ3n) is 4.04. The van der Waals surface area contributed by atoms with E-state index < -0.39 is 0 Å². The van der Waals surface area contributed by atoms with Crippen LogP contribution >= 0.6 is 0 Å². The van der Waals surface area contributed by atoms with E-state index >= 15 is 0 Å². The quantitative estimate of drug-likeness (QED) is 0.660. The van der Waals surface area contributed by atoms with Gasteiger partial charge in [-0.25, -0.2) is 0 Å². The average Bonchev–Trinajstić information content (AvgIpc) is 2.92. The molecule has 2 fully saturated rings. The Morgan fingerprint density at radius 2 is 1.69 bits per heavy atom. The molecule has 13 heavy (non-hydrogen) atoms. The van der Waals surface area contributed by atoms with Gasteiger partial charge in [-0.15, -0.1) is 0 Å². The minimum atomic E-state index is 0.592. The van der Waals surface area contributed by atoms with Gasteiger partial charge >= 0.3 is 0 Å². The first-order valence-electron chi connectivity index (χ1n) is 6.04. The molecule has 2 rings (SSSR count). The Morgan fingerprint density at radius 3 is 2.15 bits per heavy atom. The van der Waals surface area contributed by atoms with Gasteiger partial charge in [-0.2, -0.15) is 0 Å². The highest BCUT2D eigenvalue weighted by atomic mass is 15.0. The second-order valence-corrected chi connectivity index (χ2v) is 5.09. The van der Waals surface area contributed by atoms with E-state index in [0.717, 1.165) is 5.92 Å². The largest absolute Gasteiger partial charge is 0.314 e. The van der Waals surface area contributed by atoms with E-state index in [1.54, 1.807) is 0 Å². The maximum atomic E-state index is 3.52. The lowest BCUT2D eigenvalue weighted by molar-refractivity contribution is 0.351. The summed E-state index contributed by atoms with van der Waals surface area (Å²) < 4.78 is 0. The lowest BCUT2D eigenvalue weighted by atomic mass is 9.91. The monoisotopic (exact) mass is 181 g/mol. The number of rotatable bonds is 3. The second-order valence-electron chi connectivity index (χ2n) is 5.09. The van der Waals surface area contributed by atoms with E-state index in [-0.39, 0.29) is 0 Å². The highest BCUT2D eigenvalue weighted by Crippen LogP contribution is 2.43. The first-order valence-corrected chi connectivity index (χ1v) is 6.04. The lowest BCUT2D eigenvalue weighted by Crippen LogP contribution is -2.29. The Kier molecular flexibility index (Phi) is 2.92. The SMILES string of the molecule is CNC1(CC2CCCCCC2)CC1. The highest BCUT2D eigenvalue weighted by molar-refractivity contribution is 5.02. The molecule has 0 aromatic carbocycles. The summed E-state index contributed by atoms with van der Waals surface area (Å²) in [5, 5.41) is 3.52. The molecule has 2 aliphatic carbocycles. The van der Waals surface area contributed by atoms with Gasteiger partial charge in [0.2, 0.25) is 0 Å². The molecule has 1 N–H and O–H groups in total. The van der Waals surface area contributed by atoms with E-state index in [0.29, 0.717) is 5.54 Å². The molecule has 0 bridgehead atoms. The fourth-order valence-corrected chi connectivity index (χ4v) is 2.83. The van der Waals surface area contributed by atoms with Gasteiger partial charge < -0.3 is 5.32 Å². The van der Waals surface area contributed by atoms with Crippen LogP contribution in [0, 0.1) is 5.92 Å². The third kappa shape index (κ3) is 2.46. The van der Waals surface area contributed by atoms with Gasteiger partial charge in [0, 0.05) is 5.54 Å². The molecule has 0 unspecified atom stereocenters. The van der Waals surface area contributed by atoms with E-state index in [9.17, 15) is 0 Å². The van der Waals surface area contributed by atoms with Crippen LogP contribution in [0.25, 0.3) is 0 Å². The second kappa shape index (κ2) is 4.00. The summed E-state index contributed by atoms with van der Waals surface area (Å²) in [5.74, 6) is 1.04. The molecule has 0 spiro atoms. The van der Waals surface area contributed by atoms with Crippen molar-refractivity contribution in [1.29, 1.82) is 0 Å². The van der Waals surface area contributed by atoms with Crippen molar-refractivity contribution in [3.63, 3.8) is 0 Å². The van der Waals surface area contributed by atoms with Crippen LogP contribution in [0.5, 0.6) is 0 Å². The van der Waals surface area contributed by atoms with Gasteiger partial charge in [0.1, 0.15) is 0 Å². The van der Waals surface area contributed by atoms with Crippen LogP contribution in [-0.4, -0.2) is 12.6 Å². The molecule has 0 saturated heterocycles. The van der Waals surface area contributed by atoms with Gasteiger partial charge in [0.15, 0.2) is 0 Å². The molecule has 0 aliphatic heterocycles. The molecule has 0 amide bonds. The van der Waals surface area contributed by atoms with Crippen LogP contribution in [0.2, 0.25) is 0 Å². The first-order chi connectivity index (χ1) is 6.35. The summed E-state index contributed by atoms with van der Waals surface area (Å²) in [6.45, 7) is 0. The minimum Gasteiger partial charge on any atom is -0.314 e. The van der Waals surface area contributed by atoms with Gasteiger partial charge in [-0.05, 0) is 32.2 Å². The maximum Gasteiger partial charge on any atom is 0.0182 e. The third-order valence-corrected chi connectivity index (χ3v) is 4.04. The van der Waals surface area contributed by atoms with Crippen LogP contribution in [0.15, 0.2) is 0 Å². The summed E-state index contributed by atoms with van der Waals surface area (Å²) in [5.41, 5.74) is 0.592. The first kappa shape index (κ1) is 9.51. The van der Waals surface area contributed by atoms with Crippen molar-refractivity contribution in [2.75, 3.05) is 7.05 Å². The van der Waals surface area contributed by atoms with Gasteiger partial charge in [-0.3, -0.25) is 0 Å². The van der Waals surface area contributed by atoms with Gasteiger partial charge in [-0.1, -0.05) is 38.5 Å². The smallest absolute Gasteiger partial charge is 0.0182 e. The molecule has 2 saturated carbocycles. The van der Waals surface area contributed by atoms with Crippen molar-refractivity contribution in [3.8, 4) is 0 Å². The van der Waals surface area contributed by atoms with Crippen molar-refractivity contribution >= 4 is 0 Å². The van der Waals surface area contributed by atoms with Crippen LogP contribution in [-0.2, 0) is 0 Å². The summed E-state index contributed by atoms with van der Waals surface area (Å²) in [6, 6.07) is 0.